The van der Waals surface area contributed by atoms with Crippen molar-refractivity contribution in [1.82, 2.24) is 9.78 Å². The average Bonchev–Trinajstić information content (AvgIpc) is 2.78. The molecule has 3 rings (SSSR count). The van der Waals surface area contributed by atoms with Gasteiger partial charge in [0.05, 0.1) is 5.52 Å². The topological polar surface area (TPSA) is 27.1 Å². The quantitative estimate of drug-likeness (QED) is 0.721. The normalized spacial score (nSPS) is 10.9. The monoisotopic (exact) mass is 266 g/mol. The molecule has 3 nitrogen and oxygen atoms in total. The highest BCUT2D eigenvalue weighted by molar-refractivity contribution is 5.81. The van der Waals surface area contributed by atoms with E-state index in [9.17, 15) is 0 Å². The van der Waals surface area contributed by atoms with E-state index in [4.69, 9.17) is 4.74 Å². The number of benzene rings is 2. The van der Waals surface area contributed by atoms with Gasteiger partial charge in [-0.2, -0.15) is 5.10 Å². The lowest BCUT2D eigenvalue weighted by atomic mass is 10.1. The zero-order chi connectivity index (χ0) is 14.1. The third-order valence-electron chi connectivity index (χ3n) is 3.75. The van der Waals surface area contributed by atoms with Crippen LogP contribution < -0.4 is 4.74 Å². The molecular weight excluding hydrogens is 248 g/mol. The summed E-state index contributed by atoms with van der Waals surface area (Å²) in [6.07, 6.45) is 0. The molecular formula is C17H18N2O. The number of fused-ring (bicyclic) bond motifs is 1. The smallest absolute Gasteiger partial charge is 0.133 e. The van der Waals surface area contributed by atoms with E-state index in [2.05, 4.69) is 37.1 Å². The average molecular weight is 266 g/mol. The minimum absolute atomic E-state index is 0.492. The fourth-order valence-corrected chi connectivity index (χ4v) is 2.42. The molecule has 0 saturated carbocycles. The van der Waals surface area contributed by atoms with Crippen LogP contribution in [0.15, 0.2) is 42.5 Å². The fourth-order valence-electron chi connectivity index (χ4n) is 2.42. The van der Waals surface area contributed by atoms with Crippen LogP contribution in [0, 0.1) is 13.8 Å². The summed E-state index contributed by atoms with van der Waals surface area (Å²) in [5, 5.41) is 5.70. The Kier molecular flexibility index (Phi) is 3.18. The lowest BCUT2D eigenvalue weighted by molar-refractivity contribution is 0.299. The Labute approximate surface area is 118 Å². The van der Waals surface area contributed by atoms with Gasteiger partial charge in [0, 0.05) is 12.4 Å². The Morgan fingerprint density at radius 2 is 1.85 bits per heavy atom. The van der Waals surface area contributed by atoms with Gasteiger partial charge in [-0.3, -0.25) is 4.68 Å². The van der Waals surface area contributed by atoms with E-state index in [1.807, 2.05) is 36.0 Å². The van der Waals surface area contributed by atoms with E-state index in [0.29, 0.717) is 6.61 Å². The molecule has 0 atom stereocenters. The van der Waals surface area contributed by atoms with Gasteiger partial charge in [0.1, 0.15) is 18.1 Å². The number of aromatic nitrogens is 2. The Morgan fingerprint density at radius 1 is 1.05 bits per heavy atom. The molecule has 0 amide bonds. The van der Waals surface area contributed by atoms with E-state index >= 15 is 0 Å². The first-order valence-corrected chi connectivity index (χ1v) is 6.76. The van der Waals surface area contributed by atoms with Crippen molar-refractivity contribution < 1.29 is 4.74 Å². The molecule has 0 aliphatic rings. The van der Waals surface area contributed by atoms with Crippen LogP contribution in [0.4, 0.5) is 0 Å². The number of hydrogen-bond acceptors (Lipinski definition) is 2. The molecule has 0 fully saturated rings. The fraction of sp³-hybridized carbons (Fsp3) is 0.235. The molecule has 0 saturated heterocycles. The van der Waals surface area contributed by atoms with E-state index < -0.39 is 0 Å². The largest absolute Gasteiger partial charge is 0.487 e. The van der Waals surface area contributed by atoms with Gasteiger partial charge < -0.3 is 4.74 Å². The summed E-state index contributed by atoms with van der Waals surface area (Å²) in [4.78, 5) is 0. The first-order valence-electron chi connectivity index (χ1n) is 6.76. The van der Waals surface area contributed by atoms with Gasteiger partial charge >= 0.3 is 0 Å². The number of ether oxygens (including phenoxy) is 1. The lowest BCUT2D eigenvalue weighted by Gasteiger charge is -2.09. The number of nitrogens with zero attached hydrogens (tertiary/aromatic N) is 2. The van der Waals surface area contributed by atoms with Crippen molar-refractivity contribution in [1.29, 1.82) is 0 Å². The highest BCUT2D eigenvalue weighted by atomic mass is 16.5. The molecule has 0 aliphatic carbocycles. The maximum atomic E-state index is 5.95. The minimum atomic E-state index is 0.492. The van der Waals surface area contributed by atoms with Crippen molar-refractivity contribution in [2.24, 2.45) is 7.05 Å². The first-order chi connectivity index (χ1) is 9.66. The maximum Gasteiger partial charge on any atom is 0.133 e. The van der Waals surface area contributed by atoms with Gasteiger partial charge in [0.2, 0.25) is 0 Å². The highest BCUT2D eigenvalue weighted by Gasteiger charge is 2.09. The summed E-state index contributed by atoms with van der Waals surface area (Å²) in [6, 6.07) is 14.3. The van der Waals surface area contributed by atoms with Crippen LogP contribution >= 0.6 is 0 Å². The molecule has 0 aliphatic heterocycles. The molecule has 1 heterocycles. The zero-order valence-corrected chi connectivity index (χ0v) is 12.1. The Hall–Kier alpha value is -2.29. The van der Waals surface area contributed by atoms with Crippen molar-refractivity contribution in [3.63, 3.8) is 0 Å². The van der Waals surface area contributed by atoms with Crippen molar-refractivity contribution in [2.45, 2.75) is 20.5 Å². The molecule has 0 radical (unpaired) electrons. The number of hydrogen-bond donors (Lipinski definition) is 0. The number of aryl methyl sites for hydroxylation is 2. The molecule has 0 unspecified atom stereocenters. The van der Waals surface area contributed by atoms with Crippen LogP contribution in [-0.4, -0.2) is 9.78 Å². The molecule has 3 aromatic rings. The second-order valence-corrected chi connectivity index (χ2v) is 5.07. The summed E-state index contributed by atoms with van der Waals surface area (Å²) < 4.78 is 7.85. The van der Waals surface area contributed by atoms with Crippen LogP contribution in [0.3, 0.4) is 0 Å². The standard InChI is InChI=1S/C17H18N2O/c1-12-7-6-10-17(13(12)2)20-11-15-14-8-4-5-9-16(14)19(3)18-15/h4-10H,11H2,1-3H3. The molecule has 0 bridgehead atoms. The maximum absolute atomic E-state index is 5.95. The molecule has 20 heavy (non-hydrogen) atoms. The third-order valence-corrected chi connectivity index (χ3v) is 3.75. The van der Waals surface area contributed by atoms with Gasteiger partial charge in [-0.1, -0.05) is 30.3 Å². The van der Waals surface area contributed by atoms with Crippen LogP contribution in [0.2, 0.25) is 0 Å². The molecule has 0 spiro atoms. The highest BCUT2D eigenvalue weighted by Crippen LogP contribution is 2.23. The van der Waals surface area contributed by atoms with Crippen LogP contribution in [0.1, 0.15) is 16.8 Å². The zero-order valence-electron chi connectivity index (χ0n) is 12.1. The Bertz CT molecular complexity index is 759. The van der Waals surface area contributed by atoms with E-state index in [1.165, 1.54) is 11.1 Å². The second kappa shape index (κ2) is 5.00. The van der Waals surface area contributed by atoms with Gasteiger partial charge in [-0.25, -0.2) is 0 Å². The summed E-state index contributed by atoms with van der Waals surface area (Å²) in [5.74, 6) is 0.930. The molecule has 1 aromatic heterocycles. The van der Waals surface area contributed by atoms with Crippen molar-refractivity contribution in [3.8, 4) is 5.75 Å². The summed E-state index contributed by atoms with van der Waals surface area (Å²) >= 11 is 0. The summed E-state index contributed by atoms with van der Waals surface area (Å²) in [5.41, 5.74) is 4.54. The first kappa shape index (κ1) is 12.7. The summed E-state index contributed by atoms with van der Waals surface area (Å²) in [7, 11) is 1.96. The minimum Gasteiger partial charge on any atom is -0.487 e. The molecule has 102 valence electrons. The van der Waals surface area contributed by atoms with Gasteiger partial charge in [-0.05, 0) is 37.1 Å². The second-order valence-electron chi connectivity index (χ2n) is 5.07. The van der Waals surface area contributed by atoms with Crippen LogP contribution in [-0.2, 0) is 13.7 Å². The van der Waals surface area contributed by atoms with Gasteiger partial charge in [-0.15, -0.1) is 0 Å². The van der Waals surface area contributed by atoms with Gasteiger partial charge in [0.25, 0.3) is 0 Å². The Morgan fingerprint density at radius 3 is 2.70 bits per heavy atom. The Balaban J connectivity index is 1.89. The third kappa shape index (κ3) is 2.16. The van der Waals surface area contributed by atoms with E-state index in [0.717, 1.165) is 22.3 Å². The molecule has 3 heteroatoms. The van der Waals surface area contributed by atoms with Gasteiger partial charge in [0.15, 0.2) is 0 Å². The van der Waals surface area contributed by atoms with Crippen molar-refractivity contribution >= 4 is 10.9 Å². The predicted molar refractivity (Wildman–Crippen MR) is 81.0 cm³/mol. The van der Waals surface area contributed by atoms with E-state index in [1.54, 1.807) is 0 Å². The van der Waals surface area contributed by atoms with E-state index in [-0.39, 0.29) is 0 Å². The number of para-hydroxylation sites is 1. The van der Waals surface area contributed by atoms with Crippen LogP contribution in [0.5, 0.6) is 5.75 Å². The SMILES string of the molecule is Cc1cccc(OCc2nn(C)c3ccccc23)c1C. The summed E-state index contributed by atoms with van der Waals surface area (Å²) in [6.45, 7) is 4.67. The van der Waals surface area contributed by atoms with Crippen molar-refractivity contribution in [2.75, 3.05) is 0 Å². The van der Waals surface area contributed by atoms with Crippen molar-refractivity contribution in [3.05, 3.63) is 59.3 Å². The number of rotatable bonds is 3. The lowest BCUT2D eigenvalue weighted by Crippen LogP contribution is -2.00. The van der Waals surface area contributed by atoms with Crippen LogP contribution in [0.25, 0.3) is 10.9 Å². The predicted octanol–water partition coefficient (Wildman–Crippen LogP) is 3.77. The molecule has 0 N–H and O–H groups in total. The molecule has 2 aromatic carbocycles.